The van der Waals surface area contributed by atoms with Gasteiger partial charge >= 0.3 is 6.03 Å². The predicted octanol–water partition coefficient (Wildman–Crippen LogP) is 2.85. The van der Waals surface area contributed by atoms with E-state index in [1.165, 1.54) is 33.5 Å². The van der Waals surface area contributed by atoms with Crippen molar-refractivity contribution in [3.63, 3.8) is 0 Å². The van der Waals surface area contributed by atoms with Gasteiger partial charge in [0.25, 0.3) is 0 Å². The van der Waals surface area contributed by atoms with Gasteiger partial charge in [-0.15, -0.1) is 0 Å². The summed E-state index contributed by atoms with van der Waals surface area (Å²) in [5, 5.41) is 3.39. The number of aryl methyl sites for hydroxylation is 1. The van der Waals surface area contributed by atoms with Gasteiger partial charge < -0.3 is 25.3 Å². The smallest absolute Gasteiger partial charge is 0.317 e. The molecule has 3 atom stereocenters. The Morgan fingerprint density at radius 1 is 1.15 bits per heavy atom. The van der Waals surface area contributed by atoms with E-state index < -0.39 is 0 Å². The highest BCUT2D eigenvalue weighted by Crippen LogP contribution is 2.36. The van der Waals surface area contributed by atoms with Crippen molar-refractivity contribution in [1.29, 1.82) is 0 Å². The van der Waals surface area contributed by atoms with Gasteiger partial charge in [-0.2, -0.15) is 0 Å². The molecule has 2 amide bonds. The number of amides is 2. The summed E-state index contributed by atoms with van der Waals surface area (Å²) >= 11 is 0. The molecule has 4 heterocycles. The van der Waals surface area contributed by atoms with Crippen LogP contribution in [0.2, 0.25) is 0 Å². The number of nitrogens with zero attached hydrogens (tertiary/aromatic N) is 2. The Kier molecular flexibility index (Phi) is 5.46. The molecular weight excluding hydrogens is 426 g/mol. The van der Waals surface area contributed by atoms with Crippen LogP contribution < -0.4 is 20.9 Å². The number of fused-ring (bicyclic) bond motifs is 1. The van der Waals surface area contributed by atoms with Crippen LogP contribution in [0.4, 0.5) is 4.79 Å². The summed E-state index contributed by atoms with van der Waals surface area (Å²) in [5.74, 6) is 1.31. The second-order valence-corrected chi connectivity index (χ2v) is 10.1. The zero-order chi connectivity index (χ0) is 23.2. The van der Waals surface area contributed by atoms with Crippen LogP contribution in [-0.4, -0.2) is 61.7 Å². The molecule has 34 heavy (non-hydrogen) atoms. The molecule has 7 nitrogen and oxygen atoms in total. The van der Waals surface area contributed by atoms with E-state index in [1.54, 1.807) is 0 Å². The van der Waals surface area contributed by atoms with Gasteiger partial charge in [-0.05, 0) is 47.9 Å². The number of hydrogen-bond donors (Lipinski definition) is 3. The highest BCUT2D eigenvalue weighted by Gasteiger charge is 2.37. The molecule has 0 aromatic heterocycles. The molecule has 2 aromatic carbocycles. The Balaban J connectivity index is 1.17. The van der Waals surface area contributed by atoms with Crippen LogP contribution in [0.15, 0.2) is 53.7 Å². The molecule has 0 radical (unpaired) electrons. The molecule has 0 saturated carbocycles. The zero-order valence-corrected chi connectivity index (χ0v) is 19.9. The fourth-order valence-electron chi connectivity index (χ4n) is 6.00. The number of benzene rings is 2. The van der Waals surface area contributed by atoms with Crippen molar-refractivity contribution < 1.29 is 9.53 Å². The number of carbonyl (C=O) groups is 1. The average Bonchev–Trinajstić information content (AvgIpc) is 3.56. The normalized spacial score (nSPS) is 26.2. The molecule has 6 rings (SSSR count). The molecule has 4 aliphatic heterocycles. The molecule has 0 aliphatic carbocycles. The van der Waals surface area contributed by atoms with Crippen LogP contribution in [-0.2, 0) is 6.42 Å². The number of hydrazine groups is 1. The van der Waals surface area contributed by atoms with Crippen LogP contribution >= 0.6 is 0 Å². The first-order valence-electron chi connectivity index (χ1n) is 12.4. The summed E-state index contributed by atoms with van der Waals surface area (Å²) in [5.41, 5.74) is 14.4. The van der Waals surface area contributed by atoms with Crippen LogP contribution in [0.25, 0.3) is 0 Å². The van der Waals surface area contributed by atoms with E-state index in [9.17, 15) is 4.79 Å². The SMILES string of the molecule is Cc1ccccc1[C@@H]1CN(C)CC1NC(=O)N1CCC2=C(C1)C(c1ccc3c(c1)CCO3)NN2. The average molecular weight is 460 g/mol. The van der Waals surface area contributed by atoms with E-state index in [0.717, 1.165) is 44.8 Å². The van der Waals surface area contributed by atoms with Crippen molar-refractivity contribution in [2.45, 2.75) is 37.8 Å². The number of ether oxygens (including phenoxy) is 1. The lowest BCUT2D eigenvalue weighted by Gasteiger charge is -2.31. The van der Waals surface area contributed by atoms with E-state index in [-0.39, 0.29) is 18.1 Å². The second kappa shape index (κ2) is 8.64. The van der Waals surface area contributed by atoms with Crippen molar-refractivity contribution in [3.8, 4) is 5.75 Å². The largest absolute Gasteiger partial charge is 0.493 e. The van der Waals surface area contributed by atoms with Gasteiger partial charge in [0, 0.05) is 50.6 Å². The first kappa shape index (κ1) is 21.5. The van der Waals surface area contributed by atoms with Crippen LogP contribution in [0.1, 0.15) is 40.6 Å². The lowest BCUT2D eigenvalue weighted by molar-refractivity contribution is 0.194. The molecule has 4 aliphatic rings. The first-order chi connectivity index (χ1) is 16.6. The predicted molar refractivity (Wildman–Crippen MR) is 132 cm³/mol. The molecule has 2 aromatic rings. The summed E-state index contributed by atoms with van der Waals surface area (Å²) in [6.45, 7) is 6.12. The van der Waals surface area contributed by atoms with Gasteiger partial charge in [0.15, 0.2) is 0 Å². The summed E-state index contributed by atoms with van der Waals surface area (Å²) in [6.07, 6.45) is 1.80. The van der Waals surface area contributed by atoms with E-state index in [4.69, 9.17) is 4.74 Å². The Morgan fingerprint density at radius 3 is 2.91 bits per heavy atom. The third-order valence-electron chi connectivity index (χ3n) is 7.83. The topological polar surface area (TPSA) is 68.9 Å². The summed E-state index contributed by atoms with van der Waals surface area (Å²) < 4.78 is 5.68. The Bertz CT molecular complexity index is 1150. The monoisotopic (exact) mass is 459 g/mol. The van der Waals surface area contributed by atoms with E-state index in [1.807, 2.05) is 4.90 Å². The summed E-state index contributed by atoms with van der Waals surface area (Å²) in [6, 6.07) is 15.2. The Labute approximate surface area is 201 Å². The van der Waals surface area contributed by atoms with Gasteiger partial charge in [0.1, 0.15) is 5.75 Å². The molecule has 3 N–H and O–H groups in total. The molecule has 0 spiro atoms. The van der Waals surface area contributed by atoms with E-state index >= 15 is 0 Å². The van der Waals surface area contributed by atoms with Gasteiger partial charge in [-0.25, -0.2) is 10.2 Å². The highest BCUT2D eigenvalue weighted by atomic mass is 16.5. The maximum Gasteiger partial charge on any atom is 0.317 e. The number of nitrogens with one attached hydrogen (secondary N) is 3. The Hall–Kier alpha value is -3.03. The van der Waals surface area contributed by atoms with E-state index in [2.05, 4.69) is 77.5 Å². The first-order valence-corrected chi connectivity index (χ1v) is 12.4. The lowest BCUT2D eigenvalue weighted by atomic mass is 9.91. The van der Waals surface area contributed by atoms with Crippen molar-refractivity contribution in [3.05, 3.63) is 76.0 Å². The number of carbonyl (C=O) groups excluding carboxylic acids is 1. The van der Waals surface area contributed by atoms with Gasteiger partial charge in [-0.1, -0.05) is 36.4 Å². The quantitative estimate of drug-likeness (QED) is 0.659. The minimum atomic E-state index is 0.0402. The van der Waals surface area contributed by atoms with Crippen LogP contribution in [0, 0.1) is 6.92 Å². The number of hydrogen-bond acceptors (Lipinski definition) is 5. The van der Waals surface area contributed by atoms with Crippen molar-refractivity contribution in [2.24, 2.45) is 0 Å². The third-order valence-corrected chi connectivity index (χ3v) is 7.83. The number of likely N-dealkylation sites (tertiary alicyclic amines) is 1. The fraction of sp³-hybridized carbons (Fsp3) is 0.444. The summed E-state index contributed by atoms with van der Waals surface area (Å²) in [4.78, 5) is 17.7. The maximum atomic E-state index is 13.4. The second-order valence-electron chi connectivity index (χ2n) is 10.1. The summed E-state index contributed by atoms with van der Waals surface area (Å²) in [7, 11) is 2.14. The minimum Gasteiger partial charge on any atom is -0.493 e. The number of likely N-dealkylation sites (N-methyl/N-ethyl adjacent to an activating group) is 1. The van der Waals surface area contributed by atoms with Gasteiger partial charge in [0.2, 0.25) is 0 Å². The fourth-order valence-corrected chi connectivity index (χ4v) is 6.00. The number of rotatable bonds is 3. The van der Waals surface area contributed by atoms with E-state index in [0.29, 0.717) is 12.5 Å². The Morgan fingerprint density at radius 2 is 2.03 bits per heavy atom. The maximum absolute atomic E-state index is 13.4. The van der Waals surface area contributed by atoms with Crippen molar-refractivity contribution >= 4 is 6.03 Å². The molecular formula is C27H33N5O2. The van der Waals surface area contributed by atoms with Crippen LogP contribution in [0.3, 0.4) is 0 Å². The zero-order valence-electron chi connectivity index (χ0n) is 19.9. The van der Waals surface area contributed by atoms with Crippen molar-refractivity contribution in [2.75, 3.05) is 39.8 Å². The minimum absolute atomic E-state index is 0.0402. The van der Waals surface area contributed by atoms with Crippen LogP contribution in [0.5, 0.6) is 5.75 Å². The molecule has 0 bridgehead atoms. The van der Waals surface area contributed by atoms with Gasteiger partial charge in [-0.3, -0.25) is 0 Å². The highest BCUT2D eigenvalue weighted by molar-refractivity contribution is 5.75. The molecule has 2 unspecified atom stereocenters. The standard InChI is InChI=1S/C27H33N5O2/c1-17-5-3-4-6-20(17)21-14-31(2)16-24(21)28-27(33)32-11-9-23-22(15-32)26(30-29-23)19-7-8-25-18(13-19)10-12-34-25/h3-8,13,21,24,26,29-30H,9-12,14-16H2,1-2H3,(H,28,33)/t21-,24?,26?/m0/s1. The molecule has 7 heteroatoms. The third kappa shape index (κ3) is 3.83. The molecule has 1 saturated heterocycles. The van der Waals surface area contributed by atoms with Crippen molar-refractivity contribution in [1.82, 2.24) is 26.0 Å². The van der Waals surface area contributed by atoms with Gasteiger partial charge in [0.05, 0.1) is 18.7 Å². The molecule has 1 fully saturated rings. The molecule has 178 valence electrons. The lowest BCUT2D eigenvalue weighted by Crippen LogP contribution is -2.49. The number of urea groups is 1.